The Hall–Kier alpha value is -2.79. The van der Waals surface area contributed by atoms with Crippen molar-refractivity contribution in [2.45, 2.75) is 50.1 Å². The molecule has 0 radical (unpaired) electrons. The van der Waals surface area contributed by atoms with Gasteiger partial charge in [-0.2, -0.15) is 0 Å². The molecular weight excluding hydrogens is 422 g/mol. The van der Waals surface area contributed by atoms with Crippen molar-refractivity contribution in [1.82, 2.24) is 14.8 Å². The van der Waals surface area contributed by atoms with Crippen molar-refractivity contribution < 1.29 is 9.59 Å². The first-order valence-electron chi connectivity index (χ1n) is 11.5. The van der Waals surface area contributed by atoms with Crippen LogP contribution in [0.5, 0.6) is 0 Å². The van der Waals surface area contributed by atoms with Gasteiger partial charge in [0.2, 0.25) is 5.91 Å². The Labute approximate surface area is 192 Å². The summed E-state index contributed by atoms with van der Waals surface area (Å²) in [6.45, 7) is 2.60. The van der Waals surface area contributed by atoms with Crippen molar-refractivity contribution in [3.05, 3.63) is 70.4 Å². The quantitative estimate of drug-likeness (QED) is 0.613. The maximum Gasteiger partial charge on any atom is 0.255 e. The van der Waals surface area contributed by atoms with Gasteiger partial charge in [-0.05, 0) is 49.1 Å². The van der Waals surface area contributed by atoms with E-state index < -0.39 is 5.54 Å². The molecule has 3 aliphatic rings. The fourth-order valence-electron chi connectivity index (χ4n) is 6.14. The zero-order valence-electron chi connectivity index (χ0n) is 18.1. The minimum Gasteiger partial charge on any atom is -0.356 e. The molecular formula is C26H26ClN3O2. The van der Waals surface area contributed by atoms with Gasteiger partial charge in [-0.3, -0.25) is 9.59 Å². The molecule has 164 valence electrons. The Morgan fingerprint density at radius 1 is 1.03 bits per heavy atom. The average Bonchev–Trinajstić information content (AvgIpc) is 3.46. The molecule has 1 aliphatic carbocycles. The van der Waals surface area contributed by atoms with Crippen molar-refractivity contribution in [2.75, 3.05) is 13.1 Å². The summed E-state index contributed by atoms with van der Waals surface area (Å²) in [6, 6.07) is 16.2. The van der Waals surface area contributed by atoms with Crippen LogP contribution in [0.4, 0.5) is 0 Å². The second-order valence-corrected chi connectivity index (χ2v) is 9.95. The summed E-state index contributed by atoms with van der Waals surface area (Å²) in [5.74, 6) is 0.0508. The van der Waals surface area contributed by atoms with E-state index in [1.54, 1.807) is 0 Å². The van der Waals surface area contributed by atoms with Crippen LogP contribution in [-0.2, 0) is 15.1 Å². The van der Waals surface area contributed by atoms with E-state index in [2.05, 4.69) is 11.1 Å². The van der Waals surface area contributed by atoms with Gasteiger partial charge in [-0.1, -0.05) is 54.8 Å². The van der Waals surface area contributed by atoms with Gasteiger partial charge in [0.25, 0.3) is 5.91 Å². The van der Waals surface area contributed by atoms with Gasteiger partial charge in [0, 0.05) is 34.4 Å². The van der Waals surface area contributed by atoms with Gasteiger partial charge in [-0.25, -0.2) is 0 Å². The van der Waals surface area contributed by atoms with E-state index in [-0.39, 0.29) is 30.3 Å². The van der Waals surface area contributed by atoms with E-state index in [9.17, 15) is 9.59 Å². The molecule has 3 aromatic rings. The maximum atomic E-state index is 14.0. The molecule has 1 saturated carbocycles. The number of hydrogen-bond acceptors (Lipinski definition) is 2. The second-order valence-electron chi connectivity index (χ2n) is 9.51. The number of aromatic nitrogens is 1. The molecule has 1 N–H and O–H groups in total. The number of piperazine rings is 1. The van der Waals surface area contributed by atoms with Crippen LogP contribution in [-0.4, -0.2) is 45.7 Å². The number of carbonyl (C=O) groups excluding carboxylic acids is 2. The molecule has 2 aliphatic heterocycles. The number of hydrogen-bond donors (Lipinski definition) is 1. The van der Waals surface area contributed by atoms with Gasteiger partial charge in [-0.15, -0.1) is 0 Å². The highest BCUT2D eigenvalue weighted by molar-refractivity contribution is 6.30. The lowest BCUT2D eigenvalue weighted by atomic mass is 9.76. The van der Waals surface area contributed by atoms with Crippen molar-refractivity contribution in [1.29, 1.82) is 0 Å². The van der Waals surface area contributed by atoms with Crippen LogP contribution in [0, 0.1) is 0 Å². The van der Waals surface area contributed by atoms with Gasteiger partial charge >= 0.3 is 0 Å². The minimum atomic E-state index is -1.02. The number of aromatic amines is 1. The van der Waals surface area contributed by atoms with E-state index in [1.807, 2.05) is 59.2 Å². The average molecular weight is 448 g/mol. The number of fused-ring (bicyclic) bond motifs is 5. The molecule has 2 atom stereocenters. The lowest BCUT2D eigenvalue weighted by Crippen LogP contribution is -2.68. The number of para-hydroxylation sites is 1. The highest BCUT2D eigenvalue weighted by atomic mass is 35.5. The number of nitrogens with one attached hydrogen (secondary N) is 1. The zero-order valence-corrected chi connectivity index (χ0v) is 18.9. The van der Waals surface area contributed by atoms with Gasteiger partial charge < -0.3 is 14.8 Å². The number of halogens is 1. The topological polar surface area (TPSA) is 56.4 Å². The van der Waals surface area contributed by atoms with Crippen molar-refractivity contribution in [3.8, 4) is 0 Å². The van der Waals surface area contributed by atoms with Gasteiger partial charge in [0.15, 0.2) is 5.54 Å². The number of rotatable bonds is 2. The second kappa shape index (κ2) is 7.11. The standard InChI is InChI=1S/C26H26ClN3O2/c1-26-24-23(19-8-4-5-9-21(19)28-24)20(16-10-12-17(27)13-11-16)14-30(26)22(31)15-29(25(26)32)18-6-2-3-7-18/h4-5,8-13,18,20,28H,2-3,6-7,14-15H2,1H3. The van der Waals surface area contributed by atoms with Crippen LogP contribution in [0.3, 0.4) is 0 Å². The predicted octanol–water partition coefficient (Wildman–Crippen LogP) is 4.80. The lowest BCUT2D eigenvalue weighted by Gasteiger charge is -2.52. The third-order valence-corrected chi connectivity index (χ3v) is 8.06. The highest BCUT2D eigenvalue weighted by Gasteiger charge is 2.57. The molecule has 2 amide bonds. The summed E-state index contributed by atoms with van der Waals surface area (Å²) in [7, 11) is 0. The number of nitrogens with zero attached hydrogens (tertiary/aromatic N) is 2. The highest BCUT2D eigenvalue weighted by Crippen LogP contribution is 2.48. The van der Waals surface area contributed by atoms with E-state index in [0.29, 0.717) is 11.6 Å². The summed E-state index contributed by atoms with van der Waals surface area (Å²) < 4.78 is 0. The van der Waals surface area contributed by atoms with Crippen molar-refractivity contribution in [2.24, 2.45) is 0 Å². The number of H-pyrrole nitrogens is 1. The Kier molecular flexibility index (Phi) is 4.41. The third-order valence-electron chi connectivity index (χ3n) is 7.81. The summed E-state index contributed by atoms with van der Waals surface area (Å²) in [5.41, 5.74) is 3.05. The van der Waals surface area contributed by atoms with E-state index in [1.165, 1.54) is 0 Å². The number of amides is 2. The molecule has 6 heteroatoms. The van der Waals surface area contributed by atoms with Crippen LogP contribution in [0.2, 0.25) is 5.02 Å². The molecule has 1 aromatic heterocycles. The van der Waals surface area contributed by atoms with Crippen molar-refractivity contribution >= 4 is 34.3 Å². The zero-order chi connectivity index (χ0) is 22.0. The Bertz CT molecular complexity index is 1230. The molecule has 2 aromatic carbocycles. The number of benzene rings is 2. The molecule has 3 heterocycles. The van der Waals surface area contributed by atoms with Crippen LogP contribution in [0.25, 0.3) is 10.9 Å². The van der Waals surface area contributed by atoms with Crippen LogP contribution < -0.4 is 0 Å². The molecule has 1 saturated heterocycles. The Morgan fingerprint density at radius 3 is 2.50 bits per heavy atom. The van der Waals surface area contributed by atoms with Crippen LogP contribution in [0.15, 0.2) is 48.5 Å². The normalized spacial score (nSPS) is 26.0. The molecule has 32 heavy (non-hydrogen) atoms. The number of carbonyl (C=O) groups is 2. The molecule has 0 bridgehead atoms. The first kappa shape index (κ1) is 19.9. The van der Waals surface area contributed by atoms with E-state index in [0.717, 1.165) is 53.4 Å². The summed E-state index contributed by atoms with van der Waals surface area (Å²) in [6.07, 6.45) is 4.23. The third kappa shape index (κ3) is 2.70. The Balaban J connectivity index is 1.56. The fourth-order valence-corrected chi connectivity index (χ4v) is 6.26. The van der Waals surface area contributed by atoms with Crippen LogP contribution in [0.1, 0.15) is 55.3 Å². The fraction of sp³-hybridized carbons (Fsp3) is 0.385. The molecule has 6 rings (SSSR count). The molecule has 5 nitrogen and oxygen atoms in total. The maximum absolute atomic E-state index is 14.0. The van der Waals surface area contributed by atoms with E-state index in [4.69, 9.17) is 11.6 Å². The molecule has 2 fully saturated rings. The monoisotopic (exact) mass is 447 g/mol. The largest absolute Gasteiger partial charge is 0.356 e. The molecule has 0 spiro atoms. The van der Waals surface area contributed by atoms with Crippen LogP contribution >= 0.6 is 11.6 Å². The SMILES string of the molecule is CC12C(=O)N(C3CCCC3)CC(=O)N1CC(c1ccc(Cl)cc1)c1c2[nH]c2ccccc12. The first-order valence-corrected chi connectivity index (χ1v) is 11.8. The molecule has 2 unspecified atom stereocenters. The van der Waals surface area contributed by atoms with Gasteiger partial charge in [0.1, 0.15) is 6.54 Å². The summed E-state index contributed by atoms with van der Waals surface area (Å²) >= 11 is 6.16. The summed E-state index contributed by atoms with van der Waals surface area (Å²) in [5, 5.41) is 1.80. The predicted molar refractivity (Wildman–Crippen MR) is 125 cm³/mol. The lowest BCUT2D eigenvalue weighted by molar-refractivity contribution is -0.168. The first-order chi connectivity index (χ1) is 15.5. The Morgan fingerprint density at radius 2 is 1.75 bits per heavy atom. The van der Waals surface area contributed by atoms with E-state index >= 15 is 0 Å². The summed E-state index contributed by atoms with van der Waals surface area (Å²) in [4.78, 5) is 34.8. The van der Waals surface area contributed by atoms with Gasteiger partial charge in [0.05, 0.1) is 5.69 Å². The smallest absolute Gasteiger partial charge is 0.255 e. The van der Waals surface area contributed by atoms with Crippen molar-refractivity contribution in [3.63, 3.8) is 0 Å². The minimum absolute atomic E-state index is 0.0266.